The SMILES string of the molecule is Cc1c(O)ccc2c1CCN(C(=O)O)CC2C(C)(C)C. The molecule has 1 aromatic carbocycles. The number of nitrogens with zero attached hydrogens (tertiary/aromatic N) is 1. The minimum Gasteiger partial charge on any atom is -0.508 e. The molecule has 4 nitrogen and oxygen atoms in total. The van der Waals surface area contributed by atoms with E-state index < -0.39 is 6.09 Å². The molecular weight excluding hydrogens is 254 g/mol. The predicted molar refractivity (Wildman–Crippen MR) is 78.3 cm³/mol. The highest BCUT2D eigenvalue weighted by molar-refractivity contribution is 5.65. The van der Waals surface area contributed by atoms with Gasteiger partial charge in [-0.15, -0.1) is 0 Å². The topological polar surface area (TPSA) is 60.8 Å². The van der Waals surface area contributed by atoms with Gasteiger partial charge >= 0.3 is 6.09 Å². The lowest BCUT2D eigenvalue weighted by Crippen LogP contribution is -2.36. The Morgan fingerprint density at radius 3 is 2.55 bits per heavy atom. The first kappa shape index (κ1) is 14.7. The molecule has 0 spiro atoms. The van der Waals surface area contributed by atoms with Crippen LogP contribution in [-0.2, 0) is 6.42 Å². The molecule has 0 bridgehead atoms. The lowest BCUT2D eigenvalue weighted by Gasteiger charge is -2.33. The van der Waals surface area contributed by atoms with E-state index in [0.717, 1.165) is 11.1 Å². The van der Waals surface area contributed by atoms with Gasteiger partial charge in [-0.3, -0.25) is 0 Å². The summed E-state index contributed by atoms with van der Waals surface area (Å²) in [5.74, 6) is 0.426. The van der Waals surface area contributed by atoms with Gasteiger partial charge in [0.05, 0.1) is 0 Å². The standard InChI is InChI=1S/C16H23NO3/c1-10-11-7-8-17(15(19)20)9-13(16(2,3)4)12(11)5-6-14(10)18/h5-6,13,18H,7-9H2,1-4H3,(H,19,20). The molecule has 0 saturated carbocycles. The van der Waals surface area contributed by atoms with E-state index in [1.807, 2.05) is 13.0 Å². The number of carbonyl (C=O) groups is 1. The quantitative estimate of drug-likeness (QED) is 0.764. The molecule has 1 aliphatic rings. The summed E-state index contributed by atoms with van der Waals surface area (Å²) < 4.78 is 0. The monoisotopic (exact) mass is 277 g/mol. The number of aromatic hydroxyl groups is 1. The number of hydrogen-bond acceptors (Lipinski definition) is 2. The van der Waals surface area contributed by atoms with Crippen LogP contribution in [0.4, 0.5) is 4.79 Å². The summed E-state index contributed by atoms with van der Waals surface area (Å²) in [5.41, 5.74) is 3.13. The van der Waals surface area contributed by atoms with Crippen molar-refractivity contribution in [2.45, 2.75) is 40.0 Å². The van der Waals surface area contributed by atoms with Crippen molar-refractivity contribution in [1.29, 1.82) is 0 Å². The molecule has 1 atom stereocenters. The van der Waals surface area contributed by atoms with E-state index in [2.05, 4.69) is 20.8 Å². The van der Waals surface area contributed by atoms with Crippen molar-refractivity contribution in [3.63, 3.8) is 0 Å². The number of phenolic OH excluding ortho intramolecular Hbond substituents is 1. The Labute approximate surface area is 120 Å². The molecule has 2 rings (SSSR count). The number of rotatable bonds is 0. The smallest absolute Gasteiger partial charge is 0.407 e. The summed E-state index contributed by atoms with van der Waals surface area (Å²) in [6.45, 7) is 9.30. The van der Waals surface area contributed by atoms with Crippen LogP contribution in [0.5, 0.6) is 5.75 Å². The molecule has 1 amide bonds. The van der Waals surface area contributed by atoms with E-state index in [1.165, 1.54) is 10.5 Å². The van der Waals surface area contributed by atoms with Gasteiger partial charge in [0.25, 0.3) is 0 Å². The summed E-state index contributed by atoms with van der Waals surface area (Å²) in [7, 11) is 0. The van der Waals surface area contributed by atoms with Crippen LogP contribution in [0, 0.1) is 12.3 Å². The first-order chi connectivity index (χ1) is 9.21. The van der Waals surface area contributed by atoms with Gasteiger partial charge in [0.1, 0.15) is 5.75 Å². The van der Waals surface area contributed by atoms with Gasteiger partial charge in [-0.25, -0.2) is 4.79 Å². The summed E-state index contributed by atoms with van der Waals surface area (Å²) in [6.07, 6.45) is -0.206. The van der Waals surface area contributed by atoms with Crippen molar-refractivity contribution in [2.24, 2.45) is 5.41 Å². The second kappa shape index (κ2) is 5.00. The molecule has 1 unspecified atom stereocenters. The maximum atomic E-state index is 11.4. The Hall–Kier alpha value is -1.71. The van der Waals surface area contributed by atoms with Crippen LogP contribution >= 0.6 is 0 Å². The molecule has 1 aromatic rings. The van der Waals surface area contributed by atoms with Crippen molar-refractivity contribution < 1.29 is 15.0 Å². The number of hydrogen-bond donors (Lipinski definition) is 2. The zero-order chi connectivity index (χ0) is 15.1. The fourth-order valence-electron chi connectivity index (χ4n) is 2.99. The average molecular weight is 277 g/mol. The second-order valence-corrected chi connectivity index (χ2v) is 6.67. The van der Waals surface area contributed by atoms with Crippen molar-refractivity contribution in [2.75, 3.05) is 13.1 Å². The average Bonchev–Trinajstić information content (AvgIpc) is 2.53. The molecule has 1 aliphatic heterocycles. The number of amides is 1. The molecule has 110 valence electrons. The molecule has 0 radical (unpaired) electrons. The van der Waals surface area contributed by atoms with Gasteiger partial charge in [0, 0.05) is 19.0 Å². The molecule has 20 heavy (non-hydrogen) atoms. The Balaban J connectivity index is 2.54. The third kappa shape index (κ3) is 2.60. The van der Waals surface area contributed by atoms with E-state index in [9.17, 15) is 15.0 Å². The fourth-order valence-corrected chi connectivity index (χ4v) is 2.99. The lowest BCUT2D eigenvalue weighted by atomic mass is 9.74. The minimum atomic E-state index is -0.867. The molecule has 1 heterocycles. The van der Waals surface area contributed by atoms with Gasteiger partial charge < -0.3 is 15.1 Å². The van der Waals surface area contributed by atoms with E-state index >= 15 is 0 Å². The zero-order valence-electron chi connectivity index (χ0n) is 12.6. The molecule has 0 aromatic heterocycles. The molecule has 0 fully saturated rings. The Morgan fingerprint density at radius 2 is 2.00 bits per heavy atom. The van der Waals surface area contributed by atoms with Crippen LogP contribution in [0.3, 0.4) is 0 Å². The third-order valence-corrected chi connectivity index (χ3v) is 4.33. The molecule has 2 N–H and O–H groups in total. The second-order valence-electron chi connectivity index (χ2n) is 6.67. The first-order valence-electron chi connectivity index (χ1n) is 7.01. The Bertz CT molecular complexity index is 531. The van der Waals surface area contributed by atoms with Gasteiger partial charge in [0.15, 0.2) is 0 Å². The summed E-state index contributed by atoms with van der Waals surface area (Å²) in [4.78, 5) is 12.9. The molecule has 0 aliphatic carbocycles. The summed E-state index contributed by atoms with van der Waals surface area (Å²) in [6, 6.07) is 3.68. The largest absolute Gasteiger partial charge is 0.508 e. The Morgan fingerprint density at radius 1 is 1.35 bits per heavy atom. The van der Waals surface area contributed by atoms with Crippen molar-refractivity contribution in [3.8, 4) is 5.75 Å². The van der Waals surface area contributed by atoms with Crippen LogP contribution in [0.25, 0.3) is 0 Å². The lowest BCUT2D eigenvalue weighted by molar-refractivity contribution is 0.135. The van der Waals surface area contributed by atoms with Crippen LogP contribution in [0.2, 0.25) is 0 Å². The normalized spacial score (nSPS) is 19.4. The highest BCUT2D eigenvalue weighted by atomic mass is 16.4. The maximum absolute atomic E-state index is 11.4. The highest BCUT2D eigenvalue weighted by Crippen LogP contribution is 2.41. The molecule has 0 saturated heterocycles. The number of carboxylic acid groups (broad SMARTS) is 1. The van der Waals surface area contributed by atoms with E-state index in [0.29, 0.717) is 25.3 Å². The zero-order valence-corrected chi connectivity index (χ0v) is 12.6. The summed E-state index contributed by atoms with van der Waals surface area (Å²) in [5, 5.41) is 19.2. The van der Waals surface area contributed by atoms with Crippen molar-refractivity contribution in [3.05, 3.63) is 28.8 Å². The van der Waals surface area contributed by atoms with E-state index in [-0.39, 0.29) is 11.3 Å². The van der Waals surface area contributed by atoms with Crippen molar-refractivity contribution >= 4 is 6.09 Å². The van der Waals surface area contributed by atoms with E-state index in [4.69, 9.17) is 0 Å². The Kier molecular flexibility index (Phi) is 3.67. The van der Waals surface area contributed by atoms with Crippen LogP contribution in [0.15, 0.2) is 12.1 Å². The maximum Gasteiger partial charge on any atom is 0.407 e. The highest BCUT2D eigenvalue weighted by Gasteiger charge is 2.34. The fraction of sp³-hybridized carbons (Fsp3) is 0.562. The number of fused-ring (bicyclic) bond motifs is 1. The van der Waals surface area contributed by atoms with Crippen molar-refractivity contribution in [1.82, 2.24) is 4.90 Å². The summed E-state index contributed by atoms with van der Waals surface area (Å²) >= 11 is 0. The molecule has 4 heteroatoms. The molecular formula is C16H23NO3. The predicted octanol–water partition coefficient (Wildman–Crippen LogP) is 3.37. The number of benzene rings is 1. The van der Waals surface area contributed by atoms with Crippen LogP contribution < -0.4 is 0 Å². The van der Waals surface area contributed by atoms with Crippen LogP contribution in [-0.4, -0.2) is 34.3 Å². The van der Waals surface area contributed by atoms with E-state index in [1.54, 1.807) is 6.07 Å². The van der Waals surface area contributed by atoms with Crippen LogP contribution in [0.1, 0.15) is 43.4 Å². The van der Waals surface area contributed by atoms with Gasteiger partial charge in [-0.1, -0.05) is 26.8 Å². The third-order valence-electron chi connectivity index (χ3n) is 4.33. The minimum absolute atomic E-state index is 0.0315. The van der Waals surface area contributed by atoms with Gasteiger partial charge in [-0.05, 0) is 41.5 Å². The number of phenols is 1. The van der Waals surface area contributed by atoms with Gasteiger partial charge in [0.2, 0.25) is 0 Å². The van der Waals surface area contributed by atoms with Gasteiger partial charge in [-0.2, -0.15) is 0 Å². The first-order valence-corrected chi connectivity index (χ1v) is 7.01.